The van der Waals surface area contributed by atoms with Gasteiger partial charge in [0.05, 0.1) is 5.56 Å². The molecule has 0 fully saturated rings. The summed E-state index contributed by atoms with van der Waals surface area (Å²) in [6.07, 6.45) is 0. The molecule has 0 saturated carbocycles. The summed E-state index contributed by atoms with van der Waals surface area (Å²) >= 11 is 0. The first-order valence-electron chi connectivity index (χ1n) is 4.08. The van der Waals surface area contributed by atoms with E-state index in [0.29, 0.717) is 24.3 Å². The lowest BCUT2D eigenvalue weighted by Gasteiger charge is -2.05. The van der Waals surface area contributed by atoms with Crippen molar-refractivity contribution < 1.29 is 4.79 Å². The minimum atomic E-state index is -0.177. The number of carbonyl (C=O) groups excluding carboxylic acids is 1. The third-order valence-corrected chi connectivity index (χ3v) is 1.64. The zero-order valence-corrected chi connectivity index (χ0v) is 7.29. The minimum Gasteiger partial charge on any atom is -0.398 e. The predicted molar refractivity (Wildman–Crippen MR) is 52.2 cm³/mol. The van der Waals surface area contributed by atoms with Crippen molar-refractivity contribution in [1.29, 1.82) is 0 Å². The molecule has 0 aromatic heterocycles. The maximum Gasteiger partial charge on any atom is 0.253 e. The van der Waals surface area contributed by atoms with Gasteiger partial charge in [-0.05, 0) is 12.1 Å². The molecule has 4 heteroatoms. The fraction of sp³-hybridized carbons (Fsp3) is 0.222. The van der Waals surface area contributed by atoms with Crippen molar-refractivity contribution in [3.63, 3.8) is 0 Å². The van der Waals surface area contributed by atoms with E-state index < -0.39 is 0 Å². The van der Waals surface area contributed by atoms with Crippen LogP contribution in [-0.2, 0) is 0 Å². The molecule has 0 aliphatic heterocycles. The maximum absolute atomic E-state index is 11.4. The van der Waals surface area contributed by atoms with Gasteiger partial charge in [-0.2, -0.15) is 0 Å². The fourth-order valence-corrected chi connectivity index (χ4v) is 0.985. The van der Waals surface area contributed by atoms with Crippen LogP contribution < -0.4 is 16.8 Å². The minimum absolute atomic E-state index is 0.177. The lowest BCUT2D eigenvalue weighted by molar-refractivity contribution is 0.0955. The highest BCUT2D eigenvalue weighted by atomic mass is 16.1. The van der Waals surface area contributed by atoms with Gasteiger partial charge in [0, 0.05) is 18.8 Å². The molecule has 0 spiro atoms. The summed E-state index contributed by atoms with van der Waals surface area (Å²) in [5.74, 6) is -0.177. The molecule has 4 nitrogen and oxygen atoms in total. The van der Waals surface area contributed by atoms with Crippen molar-refractivity contribution in [3.8, 4) is 0 Å². The summed E-state index contributed by atoms with van der Waals surface area (Å²) in [6, 6.07) is 6.93. The summed E-state index contributed by atoms with van der Waals surface area (Å²) in [7, 11) is 0. The summed E-state index contributed by atoms with van der Waals surface area (Å²) in [6.45, 7) is 0.894. The Morgan fingerprint density at radius 1 is 1.38 bits per heavy atom. The summed E-state index contributed by atoms with van der Waals surface area (Å²) in [5, 5.41) is 2.65. The Morgan fingerprint density at radius 3 is 2.69 bits per heavy atom. The predicted octanol–water partition coefficient (Wildman–Crippen LogP) is -0.0427. The number of hydrogen-bond donors (Lipinski definition) is 3. The Hall–Kier alpha value is -1.55. The van der Waals surface area contributed by atoms with Crippen LogP contribution in [0.15, 0.2) is 24.3 Å². The normalized spacial score (nSPS) is 9.62. The largest absolute Gasteiger partial charge is 0.398 e. The number of amides is 1. The van der Waals surface area contributed by atoms with Crippen LogP contribution in [0, 0.1) is 0 Å². The lowest BCUT2D eigenvalue weighted by atomic mass is 10.2. The number of nitrogens with one attached hydrogen (secondary N) is 1. The second-order valence-electron chi connectivity index (χ2n) is 2.63. The first-order valence-corrected chi connectivity index (χ1v) is 4.08. The van der Waals surface area contributed by atoms with Crippen molar-refractivity contribution in [2.75, 3.05) is 18.8 Å². The molecule has 1 rings (SSSR count). The molecular weight excluding hydrogens is 166 g/mol. The molecular formula is C9H13N3O. The van der Waals surface area contributed by atoms with Crippen molar-refractivity contribution in [2.24, 2.45) is 5.73 Å². The molecule has 1 amide bonds. The van der Waals surface area contributed by atoms with Gasteiger partial charge >= 0.3 is 0 Å². The quantitative estimate of drug-likeness (QED) is 0.569. The molecule has 70 valence electrons. The van der Waals surface area contributed by atoms with E-state index in [1.807, 2.05) is 0 Å². The molecule has 13 heavy (non-hydrogen) atoms. The first-order chi connectivity index (χ1) is 6.25. The zero-order chi connectivity index (χ0) is 9.68. The van der Waals surface area contributed by atoms with Gasteiger partial charge in [-0.3, -0.25) is 4.79 Å². The number of rotatable bonds is 3. The second kappa shape index (κ2) is 4.47. The van der Waals surface area contributed by atoms with Crippen LogP contribution in [0.3, 0.4) is 0 Å². The molecule has 0 radical (unpaired) electrons. The molecule has 0 aliphatic rings. The average molecular weight is 179 g/mol. The number of hydrogen-bond acceptors (Lipinski definition) is 3. The van der Waals surface area contributed by atoms with E-state index in [1.165, 1.54) is 0 Å². The Kier molecular flexibility index (Phi) is 3.28. The Bertz CT molecular complexity index is 299. The number of benzene rings is 1. The van der Waals surface area contributed by atoms with Crippen LogP contribution in [0.4, 0.5) is 5.69 Å². The average Bonchev–Trinajstić information content (AvgIpc) is 2.15. The molecule has 0 saturated heterocycles. The van der Waals surface area contributed by atoms with Crippen LogP contribution in [0.25, 0.3) is 0 Å². The summed E-state index contributed by atoms with van der Waals surface area (Å²) in [4.78, 5) is 11.4. The van der Waals surface area contributed by atoms with E-state index in [-0.39, 0.29) is 5.91 Å². The first kappa shape index (κ1) is 9.54. The maximum atomic E-state index is 11.4. The van der Waals surface area contributed by atoms with Gasteiger partial charge in [-0.25, -0.2) is 0 Å². The number of nitrogen functional groups attached to an aromatic ring is 1. The lowest BCUT2D eigenvalue weighted by Crippen LogP contribution is -2.29. The smallest absolute Gasteiger partial charge is 0.253 e. The second-order valence-corrected chi connectivity index (χ2v) is 2.63. The number of para-hydroxylation sites is 1. The Morgan fingerprint density at radius 2 is 2.08 bits per heavy atom. The van der Waals surface area contributed by atoms with E-state index >= 15 is 0 Å². The highest BCUT2D eigenvalue weighted by molar-refractivity contribution is 5.98. The molecule has 0 aliphatic carbocycles. The van der Waals surface area contributed by atoms with Crippen molar-refractivity contribution >= 4 is 11.6 Å². The van der Waals surface area contributed by atoms with Crippen LogP contribution in [0.2, 0.25) is 0 Å². The monoisotopic (exact) mass is 179 g/mol. The van der Waals surface area contributed by atoms with E-state index in [0.717, 1.165) is 0 Å². The van der Waals surface area contributed by atoms with Crippen LogP contribution in [0.5, 0.6) is 0 Å². The Labute approximate surface area is 76.9 Å². The van der Waals surface area contributed by atoms with Gasteiger partial charge in [0.2, 0.25) is 0 Å². The highest BCUT2D eigenvalue weighted by Gasteiger charge is 2.06. The van der Waals surface area contributed by atoms with Gasteiger partial charge in [0.15, 0.2) is 0 Å². The summed E-state index contributed by atoms with van der Waals surface area (Å²) < 4.78 is 0. The van der Waals surface area contributed by atoms with E-state index in [2.05, 4.69) is 5.32 Å². The third kappa shape index (κ3) is 2.45. The van der Waals surface area contributed by atoms with Gasteiger partial charge in [-0.15, -0.1) is 0 Å². The standard InChI is InChI=1S/C9H13N3O/c10-5-6-12-9(13)7-3-1-2-4-8(7)11/h1-4H,5-6,10-11H2,(H,12,13). The molecule has 0 atom stereocenters. The van der Waals surface area contributed by atoms with Crippen LogP contribution >= 0.6 is 0 Å². The topological polar surface area (TPSA) is 81.1 Å². The molecule has 5 N–H and O–H groups in total. The summed E-state index contributed by atoms with van der Waals surface area (Å²) in [5.41, 5.74) is 11.8. The zero-order valence-electron chi connectivity index (χ0n) is 7.29. The fourth-order valence-electron chi connectivity index (χ4n) is 0.985. The van der Waals surface area contributed by atoms with Gasteiger partial charge in [-0.1, -0.05) is 12.1 Å². The van der Waals surface area contributed by atoms with Crippen molar-refractivity contribution in [2.45, 2.75) is 0 Å². The van der Waals surface area contributed by atoms with Gasteiger partial charge in [0.25, 0.3) is 5.91 Å². The number of nitrogens with two attached hydrogens (primary N) is 2. The Balaban J connectivity index is 2.71. The SMILES string of the molecule is NCCNC(=O)c1ccccc1N. The van der Waals surface area contributed by atoms with Crippen LogP contribution in [-0.4, -0.2) is 19.0 Å². The van der Waals surface area contributed by atoms with E-state index in [9.17, 15) is 4.79 Å². The molecule has 1 aromatic carbocycles. The van der Waals surface area contributed by atoms with Gasteiger partial charge < -0.3 is 16.8 Å². The number of anilines is 1. The molecule has 0 bridgehead atoms. The van der Waals surface area contributed by atoms with Crippen molar-refractivity contribution in [1.82, 2.24) is 5.32 Å². The van der Waals surface area contributed by atoms with E-state index in [4.69, 9.17) is 11.5 Å². The van der Waals surface area contributed by atoms with Crippen molar-refractivity contribution in [3.05, 3.63) is 29.8 Å². The number of carbonyl (C=O) groups is 1. The van der Waals surface area contributed by atoms with E-state index in [1.54, 1.807) is 24.3 Å². The molecule has 0 unspecified atom stereocenters. The third-order valence-electron chi connectivity index (χ3n) is 1.64. The van der Waals surface area contributed by atoms with Gasteiger partial charge in [0.1, 0.15) is 0 Å². The highest BCUT2D eigenvalue weighted by Crippen LogP contribution is 2.09. The molecule has 0 heterocycles. The van der Waals surface area contributed by atoms with Crippen LogP contribution in [0.1, 0.15) is 10.4 Å². The molecule has 1 aromatic rings.